The van der Waals surface area contributed by atoms with Crippen LogP contribution < -0.4 is 21.3 Å². The van der Waals surface area contributed by atoms with Gasteiger partial charge in [-0.1, -0.05) is 11.6 Å². The van der Waals surface area contributed by atoms with Crippen LogP contribution in [0.3, 0.4) is 0 Å². The van der Waals surface area contributed by atoms with E-state index < -0.39 is 6.17 Å². The third kappa shape index (κ3) is 4.22. The number of carbonyl (C=O) groups is 1. The van der Waals surface area contributed by atoms with Crippen LogP contribution in [-0.4, -0.2) is 42.2 Å². The number of aromatic nitrogens is 1. The fraction of sp³-hybridized carbons (Fsp3) is 0.524. The molecule has 1 saturated carbocycles. The number of nitrogens with two attached hydrogens (primary N) is 1. The molecule has 1 atom stereocenters. The number of carbonyl (C=O) groups excluding carboxylic acids is 1. The molecule has 1 amide bonds. The Morgan fingerprint density at radius 2 is 1.89 bits per heavy atom. The van der Waals surface area contributed by atoms with Crippen molar-refractivity contribution in [3.05, 3.63) is 35.4 Å². The van der Waals surface area contributed by atoms with Crippen molar-refractivity contribution in [1.82, 2.24) is 15.6 Å². The number of fused-ring (bicyclic) bond motifs is 1. The predicted molar refractivity (Wildman–Crippen MR) is 109 cm³/mol. The van der Waals surface area contributed by atoms with E-state index in [1.807, 2.05) is 19.1 Å². The van der Waals surface area contributed by atoms with Gasteiger partial charge in [-0.3, -0.25) is 4.79 Å². The van der Waals surface area contributed by atoms with E-state index >= 15 is 0 Å². The third-order valence-corrected chi connectivity index (χ3v) is 5.40. The first kappa shape index (κ1) is 18.2. The number of anilines is 1. The minimum Gasteiger partial charge on any atom is -0.356 e. The van der Waals surface area contributed by atoms with Gasteiger partial charge in [0.1, 0.15) is 5.82 Å². The summed E-state index contributed by atoms with van der Waals surface area (Å²) in [5, 5.41) is 7.53. The van der Waals surface area contributed by atoms with Crippen molar-refractivity contribution in [3.63, 3.8) is 0 Å². The van der Waals surface area contributed by atoms with Crippen LogP contribution in [0.1, 0.15) is 48.5 Å². The lowest BCUT2D eigenvalue weighted by atomic mass is 10.0. The summed E-state index contributed by atoms with van der Waals surface area (Å²) in [6.45, 7) is 5.64. The SMILES string of the molecule is Cc1ccc2nc(N3CCC(NC4CC4)CC3)c(C(=O)NC(C)N)cc2c1. The number of rotatable bonds is 5. The lowest BCUT2D eigenvalue weighted by Gasteiger charge is -2.34. The Labute approximate surface area is 160 Å². The Morgan fingerprint density at radius 1 is 1.19 bits per heavy atom. The molecule has 6 heteroatoms. The van der Waals surface area contributed by atoms with Gasteiger partial charge in [0.05, 0.1) is 17.2 Å². The first-order chi connectivity index (χ1) is 13.0. The number of nitrogens with one attached hydrogen (secondary N) is 2. The fourth-order valence-electron chi connectivity index (χ4n) is 3.82. The molecule has 144 valence electrons. The molecular weight excluding hydrogens is 338 g/mol. The molecule has 4 rings (SSSR count). The number of aryl methyl sites for hydroxylation is 1. The molecule has 0 radical (unpaired) electrons. The normalized spacial score (nSPS) is 19.3. The molecule has 2 aliphatic rings. The number of amides is 1. The Kier molecular flexibility index (Phi) is 5.02. The van der Waals surface area contributed by atoms with Crippen molar-refractivity contribution in [1.29, 1.82) is 0 Å². The first-order valence-corrected chi connectivity index (χ1v) is 9.98. The van der Waals surface area contributed by atoms with E-state index in [1.54, 1.807) is 6.92 Å². The maximum Gasteiger partial charge on any atom is 0.256 e. The highest BCUT2D eigenvalue weighted by Gasteiger charge is 2.29. The minimum absolute atomic E-state index is 0.158. The predicted octanol–water partition coefficient (Wildman–Crippen LogP) is 2.30. The molecule has 1 unspecified atom stereocenters. The van der Waals surface area contributed by atoms with E-state index in [2.05, 4.69) is 27.7 Å². The average Bonchev–Trinajstić information content (AvgIpc) is 3.44. The minimum atomic E-state index is -0.396. The molecule has 2 aromatic rings. The quantitative estimate of drug-likeness (QED) is 0.706. The molecule has 1 aliphatic heterocycles. The highest BCUT2D eigenvalue weighted by atomic mass is 16.1. The van der Waals surface area contributed by atoms with Gasteiger partial charge in [0, 0.05) is 30.6 Å². The highest BCUT2D eigenvalue weighted by molar-refractivity contribution is 6.02. The van der Waals surface area contributed by atoms with E-state index in [-0.39, 0.29) is 5.91 Å². The molecule has 6 nitrogen and oxygen atoms in total. The number of piperidine rings is 1. The lowest BCUT2D eigenvalue weighted by Crippen LogP contribution is -2.45. The number of pyridine rings is 1. The zero-order chi connectivity index (χ0) is 19.0. The van der Waals surface area contributed by atoms with E-state index in [1.165, 1.54) is 12.8 Å². The van der Waals surface area contributed by atoms with Gasteiger partial charge in [0.2, 0.25) is 0 Å². The Morgan fingerprint density at radius 3 is 2.56 bits per heavy atom. The Bertz CT molecular complexity index is 838. The van der Waals surface area contributed by atoms with E-state index in [0.717, 1.165) is 54.3 Å². The summed E-state index contributed by atoms with van der Waals surface area (Å²) >= 11 is 0. The molecule has 2 fully saturated rings. The van der Waals surface area contributed by atoms with Gasteiger partial charge < -0.3 is 21.3 Å². The largest absolute Gasteiger partial charge is 0.356 e. The summed E-state index contributed by atoms with van der Waals surface area (Å²) in [6.07, 6.45) is 4.39. The van der Waals surface area contributed by atoms with Crippen molar-refractivity contribution in [3.8, 4) is 0 Å². The fourth-order valence-corrected chi connectivity index (χ4v) is 3.82. The van der Waals surface area contributed by atoms with Crippen LogP contribution in [0.2, 0.25) is 0 Å². The van der Waals surface area contributed by atoms with E-state index in [0.29, 0.717) is 11.6 Å². The molecule has 4 N–H and O–H groups in total. The molecule has 1 aliphatic carbocycles. The van der Waals surface area contributed by atoms with Crippen molar-refractivity contribution >= 4 is 22.6 Å². The van der Waals surface area contributed by atoms with Crippen LogP contribution in [0.4, 0.5) is 5.82 Å². The zero-order valence-electron chi connectivity index (χ0n) is 16.2. The number of hydrogen-bond donors (Lipinski definition) is 3. The van der Waals surface area contributed by atoms with Crippen molar-refractivity contribution in [2.45, 2.75) is 57.8 Å². The van der Waals surface area contributed by atoms with Gasteiger partial charge in [-0.15, -0.1) is 0 Å². The summed E-state index contributed by atoms with van der Waals surface area (Å²) in [5.41, 5.74) is 8.48. The molecule has 0 spiro atoms. The van der Waals surface area contributed by atoms with E-state index in [9.17, 15) is 4.79 Å². The van der Waals surface area contributed by atoms with Crippen LogP contribution in [0.25, 0.3) is 10.9 Å². The van der Waals surface area contributed by atoms with E-state index in [4.69, 9.17) is 10.7 Å². The second kappa shape index (κ2) is 7.44. The van der Waals surface area contributed by atoms with Gasteiger partial charge in [0.15, 0.2) is 0 Å². The lowest BCUT2D eigenvalue weighted by molar-refractivity contribution is 0.0941. The maximum absolute atomic E-state index is 12.8. The monoisotopic (exact) mass is 367 g/mol. The molecule has 1 saturated heterocycles. The maximum atomic E-state index is 12.8. The Balaban J connectivity index is 1.63. The molecule has 1 aromatic carbocycles. The highest BCUT2D eigenvalue weighted by Crippen LogP contribution is 2.28. The molecule has 0 bridgehead atoms. The third-order valence-electron chi connectivity index (χ3n) is 5.40. The van der Waals surface area contributed by atoms with Gasteiger partial charge in [-0.25, -0.2) is 4.98 Å². The van der Waals surface area contributed by atoms with Gasteiger partial charge in [-0.2, -0.15) is 0 Å². The van der Waals surface area contributed by atoms with Crippen LogP contribution in [-0.2, 0) is 0 Å². The topological polar surface area (TPSA) is 83.3 Å². The van der Waals surface area contributed by atoms with Gasteiger partial charge in [-0.05, 0) is 57.7 Å². The number of hydrogen-bond acceptors (Lipinski definition) is 5. The summed E-state index contributed by atoms with van der Waals surface area (Å²) in [6, 6.07) is 9.43. The van der Waals surface area contributed by atoms with Gasteiger partial charge in [0.25, 0.3) is 5.91 Å². The Hall–Kier alpha value is -2.18. The summed E-state index contributed by atoms with van der Waals surface area (Å²) < 4.78 is 0. The molecule has 2 heterocycles. The van der Waals surface area contributed by atoms with Crippen molar-refractivity contribution in [2.75, 3.05) is 18.0 Å². The molecular formula is C21H29N5O. The standard InChI is InChI=1S/C21H29N5O/c1-13-3-6-19-15(11-13)12-18(21(27)23-14(2)22)20(25-19)26-9-7-17(8-10-26)24-16-4-5-16/h3,6,11-12,14,16-17,24H,4-5,7-10,22H2,1-2H3,(H,23,27). The second-order valence-corrected chi connectivity index (χ2v) is 8.02. The van der Waals surface area contributed by atoms with Crippen LogP contribution in [0, 0.1) is 6.92 Å². The first-order valence-electron chi connectivity index (χ1n) is 9.98. The zero-order valence-corrected chi connectivity index (χ0v) is 16.2. The summed E-state index contributed by atoms with van der Waals surface area (Å²) in [4.78, 5) is 19.9. The number of nitrogens with zero attached hydrogens (tertiary/aromatic N) is 2. The van der Waals surface area contributed by atoms with Crippen LogP contribution in [0.15, 0.2) is 24.3 Å². The average molecular weight is 367 g/mol. The smallest absolute Gasteiger partial charge is 0.256 e. The summed E-state index contributed by atoms with van der Waals surface area (Å²) in [5.74, 6) is 0.614. The number of benzene rings is 1. The van der Waals surface area contributed by atoms with Gasteiger partial charge >= 0.3 is 0 Å². The molecule has 1 aromatic heterocycles. The van der Waals surface area contributed by atoms with Crippen LogP contribution >= 0.6 is 0 Å². The summed E-state index contributed by atoms with van der Waals surface area (Å²) in [7, 11) is 0. The van der Waals surface area contributed by atoms with Crippen LogP contribution in [0.5, 0.6) is 0 Å². The molecule has 27 heavy (non-hydrogen) atoms. The van der Waals surface area contributed by atoms with Crippen molar-refractivity contribution < 1.29 is 4.79 Å². The van der Waals surface area contributed by atoms with Crippen molar-refractivity contribution in [2.24, 2.45) is 5.73 Å². The second-order valence-electron chi connectivity index (χ2n) is 8.02.